The summed E-state index contributed by atoms with van der Waals surface area (Å²) < 4.78 is 0. The maximum absolute atomic E-state index is 6.10. The molecule has 7 heteroatoms. The van der Waals surface area contributed by atoms with E-state index in [9.17, 15) is 0 Å². The van der Waals surface area contributed by atoms with Gasteiger partial charge >= 0.3 is 0 Å². The highest BCUT2D eigenvalue weighted by molar-refractivity contribution is 8.27. The molecule has 4 nitrogen and oxygen atoms in total. The molecule has 2 heterocycles. The zero-order valence-electron chi connectivity index (χ0n) is 15.1. The summed E-state index contributed by atoms with van der Waals surface area (Å²) in [7, 11) is 0. The largest absolute Gasteiger partial charge is 0.290 e. The molecular formula is C22H15ClN4S2. The van der Waals surface area contributed by atoms with Gasteiger partial charge in [0.25, 0.3) is 0 Å². The summed E-state index contributed by atoms with van der Waals surface area (Å²) in [5.74, 6) is 0. The number of anilines is 1. The number of hydrogen-bond acceptors (Lipinski definition) is 4. The standard InChI is InChI=1S/C22H15ClN4S2/c23-17-13-11-15(12-14-17)19-24-21-27(22(28)26(19)18-9-5-2-6-10-18)25-20(29-21)16-7-3-1-4-8-16/h1-14,19H/t19-/m1/s1. The molecule has 0 radical (unpaired) electrons. The third-order valence-electron chi connectivity index (χ3n) is 4.65. The molecule has 0 aliphatic carbocycles. The number of nitrogens with zero attached hydrogens (tertiary/aromatic N) is 4. The van der Waals surface area contributed by atoms with Gasteiger partial charge in [0.15, 0.2) is 11.3 Å². The van der Waals surface area contributed by atoms with Gasteiger partial charge in [0.2, 0.25) is 5.11 Å². The van der Waals surface area contributed by atoms with Crippen molar-refractivity contribution in [2.75, 3.05) is 4.90 Å². The lowest BCUT2D eigenvalue weighted by molar-refractivity contribution is 0.598. The summed E-state index contributed by atoms with van der Waals surface area (Å²) in [5, 5.41) is 9.46. The summed E-state index contributed by atoms with van der Waals surface area (Å²) in [6, 6.07) is 27.8. The monoisotopic (exact) mass is 434 g/mol. The van der Waals surface area contributed by atoms with Crippen molar-refractivity contribution in [3.8, 4) is 0 Å². The molecule has 0 saturated carbocycles. The summed E-state index contributed by atoms with van der Waals surface area (Å²) in [6.45, 7) is 0. The molecule has 0 saturated heterocycles. The van der Waals surface area contributed by atoms with Crippen molar-refractivity contribution < 1.29 is 0 Å². The van der Waals surface area contributed by atoms with Crippen LogP contribution >= 0.6 is 35.6 Å². The maximum Gasteiger partial charge on any atom is 0.205 e. The lowest BCUT2D eigenvalue weighted by atomic mass is 10.1. The number of fused-ring (bicyclic) bond motifs is 1. The van der Waals surface area contributed by atoms with Crippen molar-refractivity contribution in [1.82, 2.24) is 5.01 Å². The van der Waals surface area contributed by atoms with Gasteiger partial charge in [-0.15, -0.1) is 0 Å². The van der Waals surface area contributed by atoms with Crippen LogP contribution in [0.15, 0.2) is 95.0 Å². The molecule has 0 amide bonds. The Morgan fingerprint density at radius 1 is 0.862 bits per heavy atom. The fourth-order valence-electron chi connectivity index (χ4n) is 3.25. The van der Waals surface area contributed by atoms with E-state index in [1.54, 1.807) is 5.01 Å². The third kappa shape index (κ3) is 3.44. The third-order valence-corrected chi connectivity index (χ3v) is 6.24. The van der Waals surface area contributed by atoms with E-state index >= 15 is 0 Å². The number of benzene rings is 3. The molecule has 3 aromatic carbocycles. The molecule has 3 aromatic rings. The van der Waals surface area contributed by atoms with Gasteiger partial charge in [-0.2, -0.15) is 10.1 Å². The lowest BCUT2D eigenvalue weighted by Gasteiger charge is -2.37. The number of amidine groups is 1. The molecule has 142 valence electrons. The first-order valence-electron chi connectivity index (χ1n) is 9.04. The van der Waals surface area contributed by atoms with Crippen LogP contribution in [0.25, 0.3) is 0 Å². The highest BCUT2D eigenvalue weighted by Crippen LogP contribution is 2.38. The number of thioether (sulfide) groups is 1. The number of para-hydroxylation sites is 1. The summed E-state index contributed by atoms with van der Waals surface area (Å²) >= 11 is 13.5. The van der Waals surface area contributed by atoms with Crippen molar-refractivity contribution in [3.63, 3.8) is 0 Å². The Balaban J connectivity index is 1.60. The zero-order valence-corrected chi connectivity index (χ0v) is 17.5. The minimum Gasteiger partial charge on any atom is -0.290 e. The van der Waals surface area contributed by atoms with Gasteiger partial charge in [0.05, 0.1) is 0 Å². The van der Waals surface area contributed by atoms with Gasteiger partial charge in [-0.05, 0) is 53.8 Å². The van der Waals surface area contributed by atoms with E-state index in [0.29, 0.717) is 10.1 Å². The molecule has 0 bridgehead atoms. The van der Waals surface area contributed by atoms with Crippen LogP contribution in [0.5, 0.6) is 0 Å². The summed E-state index contributed by atoms with van der Waals surface area (Å²) in [5.41, 5.74) is 3.03. The van der Waals surface area contributed by atoms with Crippen molar-refractivity contribution in [1.29, 1.82) is 0 Å². The molecule has 2 aliphatic rings. The van der Waals surface area contributed by atoms with Crippen molar-refractivity contribution in [2.45, 2.75) is 6.17 Å². The Morgan fingerprint density at radius 2 is 1.52 bits per heavy atom. The number of rotatable bonds is 3. The van der Waals surface area contributed by atoms with E-state index < -0.39 is 0 Å². The first kappa shape index (κ1) is 18.4. The van der Waals surface area contributed by atoms with Crippen LogP contribution in [-0.2, 0) is 0 Å². The van der Waals surface area contributed by atoms with E-state index in [0.717, 1.165) is 27.0 Å². The van der Waals surface area contributed by atoms with Gasteiger partial charge < -0.3 is 0 Å². The molecule has 0 N–H and O–H groups in total. The Morgan fingerprint density at radius 3 is 2.21 bits per heavy atom. The van der Waals surface area contributed by atoms with E-state index in [2.05, 4.69) is 0 Å². The number of hydrazone groups is 1. The SMILES string of the molecule is S=C1N2N=C(c3ccccc3)SC2=N[C@@H](c2ccc(Cl)cc2)N1c1ccccc1. The maximum atomic E-state index is 6.10. The van der Waals surface area contributed by atoms with Gasteiger partial charge in [-0.1, -0.05) is 72.3 Å². The predicted molar refractivity (Wildman–Crippen MR) is 126 cm³/mol. The second kappa shape index (κ2) is 7.63. The Labute approximate surface area is 183 Å². The first-order valence-corrected chi connectivity index (χ1v) is 10.6. The zero-order chi connectivity index (χ0) is 19.8. The number of hydrogen-bond donors (Lipinski definition) is 0. The molecule has 0 unspecified atom stereocenters. The minimum absolute atomic E-state index is 0.286. The van der Waals surface area contributed by atoms with Crippen LogP contribution in [0, 0.1) is 0 Å². The van der Waals surface area contributed by atoms with E-state index in [1.165, 1.54) is 11.8 Å². The summed E-state index contributed by atoms with van der Waals surface area (Å²) in [4.78, 5) is 7.04. The molecule has 29 heavy (non-hydrogen) atoms. The second-order valence-corrected chi connectivity index (χ2v) is 8.27. The van der Waals surface area contributed by atoms with Crippen molar-refractivity contribution in [2.24, 2.45) is 10.1 Å². The second-order valence-electron chi connectivity index (χ2n) is 6.51. The van der Waals surface area contributed by atoms with Gasteiger partial charge in [0.1, 0.15) is 5.04 Å². The van der Waals surface area contributed by atoms with Crippen LogP contribution in [0.3, 0.4) is 0 Å². The molecule has 0 aromatic heterocycles. The smallest absolute Gasteiger partial charge is 0.205 e. The molecule has 0 spiro atoms. The Hall–Kier alpha value is -2.67. The molecule has 2 aliphatic heterocycles. The highest BCUT2D eigenvalue weighted by Gasteiger charge is 2.39. The van der Waals surface area contributed by atoms with Gasteiger partial charge in [-0.25, -0.2) is 4.99 Å². The quantitative estimate of drug-likeness (QED) is 0.479. The summed E-state index contributed by atoms with van der Waals surface area (Å²) in [6.07, 6.45) is -0.286. The Kier molecular flexibility index (Phi) is 4.83. The van der Waals surface area contributed by atoms with E-state index in [-0.39, 0.29) is 6.17 Å². The number of aliphatic imine (C=N–C) groups is 1. The fourth-order valence-corrected chi connectivity index (χ4v) is 4.69. The molecule has 0 fully saturated rings. The predicted octanol–water partition coefficient (Wildman–Crippen LogP) is 5.91. The van der Waals surface area contributed by atoms with Crippen LogP contribution in [0.1, 0.15) is 17.3 Å². The molecule has 5 rings (SSSR count). The highest BCUT2D eigenvalue weighted by atomic mass is 35.5. The van der Waals surface area contributed by atoms with Gasteiger partial charge in [0, 0.05) is 16.3 Å². The average Bonchev–Trinajstić information content (AvgIpc) is 3.20. The van der Waals surface area contributed by atoms with Crippen molar-refractivity contribution >= 4 is 56.6 Å². The van der Waals surface area contributed by atoms with Crippen LogP contribution < -0.4 is 4.90 Å². The molecule has 1 atom stereocenters. The fraction of sp³-hybridized carbons (Fsp3) is 0.0455. The van der Waals surface area contributed by atoms with E-state index in [4.69, 9.17) is 33.9 Å². The average molecular weight is 435 g/mol. The Bertz CT molecular complexity index is 1110. The first-order chi connectivity index (χ1) is 14.2. The van der Waals surface area contributed by atoms with Gasteiger partial charge in [-0.3, -0.25) is 4.90 Å². The van der Waals surface area contributed by atoms with Crippen LogP contribution in [-0.4, -0.2) is 20.3 Å². The molecular weight excluding hydrogens is 420 g/mol. The lowest BCUT2D eigenvalue weighted by Crippen LogP contribution is -2.47. The van der Waals surface area contributed by atoms with Crippen LogP contribution in [0.2, 0.25) is 5.02 Å². The number of thiocarbonyl (C=S) groups is 1. The normalized spacial score (nSPS) is 18.4. The number of halogens is 1. The minimum atomic E-state index is -0.286. The topological polar surface area (TPSA) is 31.2 Å². The van der Waals surface area contributed by atoms with Crippen LogP contribution in [0.4, 0.5) is 5.69 Å². The van der Waals surface area contributed by atoms with E-state index in [1.807, 2.05) is 89.8 Å². The van der Waals surface area contributed by atoms with Crippen molar-refractivity contribution in [3.05, 3.63) is 101 Å².